The summed E-state index contributed by atoms with van der Waals surface area (Å²) in [4.78, 5) is 12.7. The molecule has 0 saturated carbocycles. The minimum Gasteiger partial charge on any atom is -0.618 e. The van der Waals surface area contributed by atoms with Gasteiger partial charge in [-0.15, -0.1) is 0 Å². The Morgan fingerprint density at radius 3 is 2.13 bits per heavy atom. The second-order valence-corrected chi connectivity index (χ2v) is 5.84. The summed E-state index contributed by atoms with van der Waals surface area (Å²) in [7, 11) is 0. The molecule has 0 aliphatic rings. The zero-order valence-electron chi connectivity index (χ0n) is 11.7. The van der Waals surface area contributed by atoms with Crippen LogP contribution in [0.5, 0.6) is 0 Å². The van der Waals surface area contributed by atoms with Crippen LogP contribution in [0.4, 0.5) is 0 Å². The van der Waals surface area contributed by atoms with E-state index in [9.17, 15) is 15.2 Å². The Balaban J connectivity index is 2.29. The van der Waals surface area contributed by atoms with Crippen molar-refractivity contribution in [3.63, 3.8) is 0 Å². The standard InChI is InChI=1S/C16H10BrClN2O3/c17-9-14-15(16(21)10-5-7-11(18)8-6-10)20(23)13-4-2-1-3-12(13)19(14)22/h1-8H,9H2. The van der Waals surface area contributed by atoms with Crippen LogP contribution in [0, 0.1) is 10.4 Å². The second-order valence-electron chi connectivity index (χ2n) is 4.84. The number of nitrogens with zero attached hydrogens (tertiary/aromatic N) is 2. The molecule has 0 N–H and O–H groups in total. The number of fused-ring (bicyclic) bond motifs is 1. The Kier molecular flexibility index (Phi) is 4.19. The number of benzene rings is 2. The summed E-state index contributed by atoms with van der Waals surface area (Å²) in [5.74, 6) is -0.526. The van der Waals surface area contributed by atoms with Gasteiger partial charge in [-0.05, 0) is 24.3 Å². The third kappa shape index (κ3) is 2.64. The van der Waals surface area contributed by atoms with Gasteiger partial charge >= 0.3 is 5.69 Å². The smallest absolute Gasteiger partial charge is 0.335 e. The third-order valence-corrected chi connectivity index (χ3v) is 4.27. The molecule has 0 aliphatic heterocycles. The van der Waals surface area contributed by atoms with Crippen LogP contribution in [0.15, 0.2) is 48.5 Å². The summed E-state index contributed by atoms with van der Waals surface area (Å²) in [5.41, 5.74) is 0.516. The molecule has 0 aliphatic carbocycles. The van der Waals surface area contributed by atoms with Gasteiger partial charge < -0.3 is 10.4 Å². The maximum Gasteiger partial charge on any atom is 0.335 e. The van der Waals surface area contributed by atoms with Gasteiger partial charge in [0, 0.05) is 22.7 Å². The minimum absolute atomic E-state index is 0.0682. The van der Waals surface area contributed by atoms with Gasteiger partial charge in [-0.1, -0.05) is 39.7 Å². The monoisotopic (exact) mass is 392 g/mol. The molecule has 116 valence electrons. The van der Waals surface area contributed by atoms with Crippen molar-refractivity contribution in [1.29, 1.82) is 0 Å². The number of halogens is 2. The Bertz CT molecular complexity index is 913. The number of alkyl halides is 1. The van der Waals surface area contributed by atoms with Crippen LogP contribution in [0.3, 0.4) is 0 Å². The molecule has 5 nitrogen and oxygen atoms in total. The fraction of sp³-hybridized carbons (Fsp3) is 0.0625. The molecule has 3 rings (SSSR count). The first-order valence-corrected chi connectivity index (χ1v) is 8.17. The number of ketones is 1. The lowest BCUT2D eigenvalue weighted by Crippen LogP contribution is -2.47. The van der Waals surface area contributed by atoms with E-state index in [-0.39, 0.29) is 33.3 Å². The van der Waals surface area contributed by atoms with Gasteiger partial charge in [0.2, 0.25) is 0 Å². The molecule has 2 aromatic carbocycles. The zero-order chi connectivity index (χ0) is 16.6. The summed E-state index contributed by atoms with van der Waals surface area (Å²) < 4.78 is 1.12. The first-order valence-electron chi connectivity index (χ1n) is 6.67. The molecule has 0 radical (unpaired) electrons. The fourth-order valence-corrected chi connectivity index (χ4v) is 2.99. The number of rotatable bonds is 3. The van der Waals surface area contributed by atoms with Crippen LogP contribution < -0.4 is 9.46 Å². The number of aromatic nitrogens is 2. The van der Waals surface area contributed by atoms with Crippen LogP contribution in [0.1, 0.15) is 21.7 Å². The SMILES string of the molecule is O=C(c1ccc(Cl)cc1)c1c(CBr)[n+]([O-])c2ccccc2[n+]1[O-]. The molecule has 1 aromatic heterocycles. The van der Waals surface area contributed by atoms with E-state index in [1.54, 1.807) is 30.3 Å². The highest BCUT2D eigenvalue weighted by molar-refractivity contribution is 9.08. The van der Waals surface area contributed by atoms with Crippen molar-refractivity contribution < 1.29 is 14.3 Å². The topological polar surface area (TPSA) is 71.0 Å². The van der Waals surface area contributed by atoms with Crippen molar-refractivity contribution >= 4 is 44.3 Å². The van der Waals surface area contributed by atoms with E-state index in [2.05, 4.69) is 15.9 Å². The molecule has 3 aromatic rings. The zero-order valence-corrected chi connectivity index (χ0v) is 14.0. The number of para-hydroxylation sites is 2. The predicted molar refractivity (Wildman–Crippen MR) is 89.4 cm³/mol. The quantitative estimate of drug-likeness (QED) is 0.297. The molecule has 0 unspecified atom stereocenters. The molecule has 0 saturated heterocycles. The van der Waals surface area contributed by atoms with Crippen molar-refractivity contribution in [2.24, 2.45) is 0 Å². The Morgan fingerprint density at radius 2 is 1.57 bits per heavy atom. The van der Waals surface area contributed by atoms with Gasteiger partial charge in [-0.2, -0.15) is 9.46 Å². The molecule has 0 spiro atoms. The lowest BCUT2D eigenvalue weighted by molar-refractivity contribution is -0.635. The van der Waals surface area contributed by atoms with Gasteiger partial charge in [0.05, 0.1) is 5.33 Å². The van der Waals surface area contributed by atoms with Crippen molar-refractivity contribution in [2.75, 3.05) is 0 Å². The summed E-state index contributed by atoms with van der Waals surface area (Å²) in [6.45, 7) is 0. The number of hydrogen-bond donors (Lipinski definition) is 0. The molecule has 1 heterocycles. The van der Waals surface area contributed by atoms with Gasteiger partial charge in [-0.25, -0.2) is 0 Å². The Hall–Kier alpha value is -2.18. The molecule has 0 atom stereocenters. The summed E-state index contributed by atoms with van der Waals surface area (Å²) in [6.07, 6.45) is 0. The minimum atomic E-state index is -0.526. The first kappa shape index (κ1) is 15.7. The molecule has 7 heteroatoms. The first-order chi connectivity index (χ1) is 11.0. The van der Waals surface area contributed by atoms with Crippen molar-refractivity contribution in [3.05, 3.63) is 80.9 Å². The molecular formula is C16H10BrClN2O3. The van der Waals surface area contributed by atoms with E-state index in [4.69, 9.17) is 11.6 Å². The van der Waals surface area contributed by atoms with Crippen LogP contribution in [0.2, 0.25) is 5.02 Å². The number of hydrogen-bond acceptors (Lipinski definition) is 3. The van der Waals surface area contributed by atoms with Gasteiger partial charge in [0.25, 0.3) is 22.5 Å². The van der Waals surface area contributed by atoms with Crippen molar-refractivity contribution in [2.45, 2.75) is 5.33 Å². The largest absolute Gasteiger partial charge is 0.618 e. The fourth-order valence-electron chi connectivity index (χ4n) is 2.37. The van der Waals surface area contributed by atoms with Crippen molar-refractivity contribution in [3.8, 4) is 0 Å². The van der Waals surface area contributed by atoms with E-state index >= 15 is 0 Å². The van der Waals surface area contributed by atoms with Gasteiger partial charge in [0.1, 0.15) is 0 Å². The predicted octanol–water partition coefficient (Wildman–Crippen LogP) is 2.89. The van der Waals surface area contributed by atoms with Crippen LogP contribution in [0.25, 0.3) is 11.0 Å². The van der Waals surface area contributed by atoms with Gasteiger partial charge in [-0.3, -0.25) is 4.79 Å². The average molecular weight is 394 g/mol. The van der Waals surface area contributed by atoms with Crippen LogP contribution in [-0.4, -0.2) is 5.78 Å². The highest BCUT2D eigenvalue weighted by Gasteiger charge is 2.33. The molecule has 23 heavy (non-hydrogen) atoms. The molecular weight excluding hydrogens is 384 g/mol. The Labute approximate surface area is 145 Å². The average Bonchev–Trinajstić information content (AvgIpc) is 2.58. The summed E-state index contributed by atoms with van der Waals surface area (Å²) in [5, 5.41) is 25.7. The van der Waals surface area contributed by atoms with E-state index in [0.29, 0.717) is 14.5 Å². The Morgan fingerprint density at radius 1 is 1.00 bits per heavy atom. The lowest BCUT2D eigenvalue weighted by Gasteiger charge is -2.11. The van der Waals surface area contributed by atoms with Crippen LogP contribution >= 0.6 is 27.5 Å². The van der Waals surface area contributed by atoms with E-state index < -0.39 is 5.78 Å². The van der Waals surface area contributed by atoms with E-state index in [1.165, 1.54) is 18.2 Å². The van der Waals surface area contributed by atoms with Crippen LogP contribution in [-0.2, 0) is 5.33 Å². The van der Waals surface area contributed by atoms with E-state index in [1.807, 2.05) is 0 Å². The summed E-state index contributed by atoms with van der Waals surface area (Å²) >= 11 is 9.00. The van der Waals surface area contributed by atoms with Crippen molar-refractivity contribution in [1.82, 2.24) is 0 Å². The van der Waals surface area contributed by atoms with Gasteiger partial charge in [0.15, 0.2) is 0 Å². The summed E-state index contributed by atoms with van der Waals surface area (Å²) in [6, 6.07) is 12.5. The normalized spacial score (nSPS) is 10.9. The maximum atomic E-state index is 12.7. The highest BCUT2D eigenvalue weighted by atomic mass is 79.9. The highest BCUT2D eigenvalue weighted by Crippen LogP contribution is 2.17. The maximum absolute atomic E-state index is 12.7. The molecule has 0 amide bonds. The second kappa shape index (κ2) is 6.14. The molecule has 0 bridgehead atoms. The third-order valence-electron chi connectivity index (χ3n) is 3.49. The van der Waals surface area contributed by atoms with E-state index in [0.717, 1.165) is 0 Å². The number of carbonyl (C=O) groups excluding carboxylic acids is 1. The molecule has 0 fully saturated rings. The lowest BCUT2D eigenvalue weighted by atomic mass is 10.1. The number of carbonyl (C=O) groups is 1.